The number of carbonyl (C=O) groups is 1. The molecule has 1 amide bonds. The Morgan fingerprint density at radius 3 is 2.62 bits per heavy atom. The molecule has 2 aromatic rings. The fraction of sp³-hybridized carbons (Fsp3) is 0.600. The summed E-state index contributed by atoms with van der Waals surface area (Å²) >= 11 is 0. The molecule has 0 radical (unpaired) electrons. The smallest absolute Gasteiger partial charge is 0.370 e. The van der Waals surface area contributed by atoms with Crippen LogP contribution < -0.4 is 39.9 Å². The maximum Gasteiger partial charge on any atom is 0.370 e. The number of quaternary nitrogens is 1. The van der Waals surface area contributed by atoms with E-state index in [1.807, 2.05) is 0 Å². The first-order valence-electron chi connectivity index (χ1n) is 14.0. The van der Waals surface area contributed by atoms with Crippen molar-refractivity contribution in [3.63, 3.8) is 0 Å². The van der Waals surface area contributed by atoms with Crippen LogP contribution >= 0.6 is 0 Å². The second-order valence-electron chi connectivity index (χ2n) is 11.5. The molecule has 4 aliphatic rings. The number of ether oxygens (including phenoxy) is 1. The van der Waals surface area contributed by atoms with Gasteiger partial charge in [-0.15, -0.1) is 0 Å². The van der Waals surface area contributed by atoms with Crippen LogP contribution in [0.3, 0.4) is 0 Å². The zero-order chi connectivity index (χ0) is 23.8. The zero-order valence-electron chi connectivity index (χ0n) is 21.9. The lowest BCUT2D eigenvalue weighted by molar-refractivity contribution is -0.640. The number of aryl methyl sites for hydroxylation is 1. The summed E-state index contributed by atoms with van der Waals surface area (Å²) in [6.07, 6.45) is 9.68. The highest BCUT2D eigenvalue weighted by Crippen LogP contribution is 2.46. The average molecular weight is 547 g/mol. The van der Waals surface area contributed by atoms with E-state index in [9.17, 15) is 4.79 Å². The third-order valence-electron chi connectivity index (χ3n) is 9.66. The molecule has 202 valence electrons. The number of H-pyrrole nitrogens is 1. The third kappa shape index (κ3) is 5.24. The largest absolute Gasteiger partial charge is 1.00 e. The minimum absolute atomic E-state index is 0. The number of rotatable bonds is 3. The van der Waals surface area contributed by atoms with E-state index in [1.165, 1.54) is 43.2 Å². The molecule has 6 rings (SSSR count). The fourth-order valence-corrected chi connectivity index (χ4v) is 7.80. The predicted molar refractivity (Wildman–Crippen MR) is 135 cm³/mol. The van der Waals surface area contributed by atoms with Gasteiger partial charge in [0.25, 0.3) is 0 Å². The van der Waals surface area contributed by atoms with Crippen LogP contribution in [-0.2, 0) is 10.2 Å². The van der Waals surface area contributed by atoms with E-state index in [-0.39, 0.29) is 36.1 Å². The van der Waals surface area contributed by atoms with Crippen LogP contribution in [-0.4, -0.2) is 43.1 Å². The van der Waals surface area contributed by atoms with Crippen molar-refractivity contribution in [1.82, 2.24) is 4.90 Å². The van der Waals surface area contributed by atoms with Crippen LogP contribution in [0.2, 0.25) is 0 Å². The Balaban J connectivity index is 0.00000160. The van der Waals surface area contributed by atoms with Crippen LogP contribution in [0.1, 0.15) is 74.1 Å². The number of likely N-dealkylation sites (tertiary alicyclic amines) is 1. The minimum Gasteiger partial charge on any atom is -1.00 e. The van der Waals surface area contributed by atoms with Gasteiger partial charge in [-0.1, -0.05) is 49.6 Å². The molecule has 4 atom stereocenters. The van der Waals surface area contributed by atoms with Crippen LogP contribution in [0, 0.1) is 18.8 Å². The maximum absolute atomic E-state index is 14.5. The molecule has 4 heterocycles. The molecule has 37 heavy (non-hydrogen) atoms. The Morgan fingerprint density at radius 1 is 1.05 bits per heavy atom. The van der Waals surface area contributed by atoms with Gasteiger partial charge in [0.15, 0.2) is 5.69 Å². The van der Waals surface area contributed by atoms with Crippen molar-refractivity contribution in [2.75, 3.05) is 26.2 Å². The molecule has 1 saturated carbocycles. The molecule has 1 aliphatic carbocycles. The van der Waals surface area contributed by atoms with E-state index in [4.69, 9.17) is 4.74 Å². The first-order chi connectivity index (χ1) is 17.2. The highest BCUT2D eigenvalue weighted by molar-refractivity contribution is 5.82. The van der Waals surface area contributed by atoms with Crippen molar-refractivity contribution in [2.45, 2.75) is 75.7 Å². The molecular formula is C30H41Cl2N3O2. The Labute approximate surface area is 234 Å². The normalized spacial score (nSPS) is 29.5. The monoisotopic (exact) mass is 545 g/mol. The number of aromatic amines is 1. The molecule has 0 bridgehead atoms. The number of benzene rings is 1. The lowest BCUT2D eigenvalue weighted by Crippen LogP contribution is -3.00. The summed E-state index contributed by atoms with van der Waals surface area (Å²) in [5, 5.41) is 2.38. The van der Waals surface area contributed by atoms with E-state index in [2.05, 4.69) is 64.6 Å². The van der Waals surface area contributed by atoms with Gasteiger partial charge in [-0.2, -0.15) is 4.98 Å². The summed E-state index contributed by atoms with van der Waals surface area (Å²) in [4.78, 5) is 20.3. The van der Waals surface area contributed by atoms with Crippen LogP contribution in [0.25, 0.3) is 0 Å². The molecule has 3 fully saturated rings. The number of fused-ring (bicyclic) bond motifs is 2. The number of hydrogen-bond acceptors (Lipinski definition) is 2. The van der Waals surface area contributed by atoms with Crippen molar-refractivity contribution in [3.8, 4) is 5.88 Å². The van der Waals surface area contributed by atoms with Crippen LogP contribution in [0.5, 0.6) is 5.88 Å². The predicted octanol–water partition coefficient (Wildman–Crippen LogP) is -2.61. The number of pyridine rings is 1. The van der Waals surface area contributed by atoms with Gasteiger partial charge >= 0.3 is 5.88 Å². The van der Waals surface area contributed by atoms with Gasteiger partial charge in [0, 0.05) is 25.6 Å². The van der Waals surface area contributed by atoms with Crippen molar-refractivity contribution < 1.29 is 44.6 Å². The van der Waals surface area contributed by atoms with E-state index in [1.54, 1.807) is 0 Å². The summed E-state index contributed by atoms with van der Waals surface area (Å²) < 4.78 is 6.05. The topological polar surface area (TPSA) is 60.3 Å². The van der Waals surface area contributed by atoms with Gasteiger partial charge in [0.1, 0.15) is 5.92 Å². The first-order valence-corrected chi connectivity index (χ1v) is 14.0. The van der Waals surface area contributed by atoms with Gasteiger partial charge in [0.2, 0.25) is 5.91 Å². The van der Waals surface area contributed by atoms with Crippen molar-refractivity contribution in [2.24, 2.45) is 11.8 Å². The number of carbonyl (C=O) groups excluding carboxylic acids is 1. The van der Waals surface area contributed by atoms with Crippen molar-refractivity contribution in [3.05, 3.63) is 59.3 Å². The lowest BCUT2D eigenvalue weighted by Gasteiger charge is -2.47. The molecule has 1 aromatic carbocycles. The Bertz CT molecular complexity index is 1060. The third-order valence-corrected chi connectivity index (χ3v) is 9.66. The van der Waals surface area contributed by atoms with Gasteiger partial charge < -0.3 is 39.8 Å². The molecule has 2 saturated heterocycles. The average Bonchev–Trinajstić information content (AvgIpc) is 3.32. The molecule has 0 unspecified atom stereocenters. The van der Waals surface area contributed by atoms with E-state index < -0.39 is 0 Å². The Morgan fingerprint density at radius 2 is 1.84 bits per heavy atom. The number of halogens is 2. The lowest BCUT2D eigenvalue weighted by atomic mass is 9.68. The quantitative estimate of drug-likeness (QED) is 0.459. The number of hydrogen-bond donors (Lipinski definition) is 1. The van der Waals surface area contributed by atoms with Gasteiger partial charge in [-0.25, -0.2) is 0 Å². The molecule has 1 aromatic heterocycles. The first kappa shape index (κ1) is 28.2. The highest BCUT2D eigenvalue weighted by Gasteiger charge is 2.57. The molecular weight excluding hydrogens is 505 g/mol. The van der Waals surface area contributed by atoms with Crippen LogP contribution in [0.4, 0.5) is 0 Å². The van der Waals surface area contributed by atoms with Gasteiger partial charge in [-0.05, 0) is 55.6 Å². The van der Waals surface area contributed by atoms with E-state index in [0.717, 1.165) is 50.5 Å². The molecule has 1 spiro atoms. The molecule has 3 aliphatic heterocycles. The second kappa shape index (κ2) is 11.9. The number of aromatic nitrogens is 1. The summed E-state index contributed by atoms with van der Waals surface area (Å²) in [7, 11) is 0. The number of piperidine rings is 1. The van der Waals surface area contributed by atoms with E-state index >= 15 is 0 Å². The number of nitrogens with zero attached hydrogens (tertiary/aromatic N) is 1. The fourth-order valence-electron chi connectivity index (χ4n) is 7.80. The van der Waals surface area contributed by atoms with E-state index in [0.29, 0.717) is 30.4 Å². The Kier molecular flexibility index (Phi) is 9.09. The minimum atomic E-state index is -0.123. The number of amides is 1. The Hall–Kier alpha value is -1.82. The highest BCUT2D eigenvalue weighted by atomic mass is 35.5. The number of nitrogens with two attached hydrogens (primary N) is 1. The van der Waals surface area contributed by atoms with Gasteiger partial charge in [-0.3, -0.25) is 4.79 Å². The van der Waals surface area contributed by atoms with Crippen molar-refractivity contribution >= 4 is 5.91 Å². The zero-order valence-corrected chi connectivity index (χ0v) is 23.4. The summed E-state index contributed by atoms with van der Waals surface area (Å²) in [5.41, 5.74) is 3.65. The SMILES string of the molecule is Cc1ccc2c([nH+]1)OCC[C@]21C[NH2+]C[C@H]1C(=O)N1CC[C@@H](c2ccccc2)C[C@H]1C1CCCCC1.[Cl-].[Cl-]. The second-order valence-corrected chi connectivity index (χ2v) is 11.5. The van der Waals surface area contributed by atoms with Crippen molar-refractivity contribution in [1.29, 1.82) is 0 Å². The summed E-state index contributed by atoms with van der Waals surface area (Å²) in [5.74, 6) is 2.54. The number of nitrogens with one attached hydrogen (secondary N) is 1. The molecule has 3 N–H and O–H groups in total. The standard InChI is InChI=1S/C30H39N3O2.2ClH/c1-21-12-13-25-28(32-21)35-17-15-30(25)20-31-19-26(30)29(34)33-16-14-24(22-8-4-2-5-9-22)18-27(33)23-10-6-3-7-11-23;;/h2,4-5,8-9,12-13,23-24,26-27,31H,3,6-7,10-11,14-20H2,1H3;2*1H/t24-,26+,27+,30+;;/m1../s1. The molecule has 5 nitrogen and oxygen atoms in total. The summed E-state index contributed by atoms with van der Waals surface area (Å²) in [6.45, 7) is 5.52. The summed E-state index contributed by atoms with van der Waals surface area (Å²) in [6, 6.07) is 15.8. The van der Waals surface area contributed by atoms with Gasteiger partial charge in [0.05, 0.1) is 30.7 Å². The van der Waals surface area contributed by atoms with Crippen LogP contribution in [0.15, 0.2) is 42.5 Å². The molecule has 7 heteroatoms. The maximum atomic E-state index is 14.5.